The Hall–Kier alpha value is -2.65. The van der Waals surface area contributed by atoms with Crippen molar-refractivity contribution in [2.24, 2.45) is 0 Å². The lowest BCUT2D eigenvalue weighted by molar-refractivity contribution is 0.0844. The van der Waals surface area contributed by atoms with Gasteiger partial charge < -0.3 is 4.42 Å². The number of amides is 2. The van der Waals surface area contributed by atoms with Crippen LogP contribution in [0.4, 0.5) is 0 Å². The standard InChI is InChI=1S/C18H15BrN4O3S/c1-10-14(18(27-2)21-15(20-10)13-4-3-9-26-13)17(25)23-22-16(24)11-5-7-12(19)8-6-11/h3-9H,1-2H3,(H,22,24)(H,23,25). The molecule has 3 aromatic rings. The average molecular weight is 447 g/mol. The molecule has 2 heterocycles. The Kier molecular flexibility index (Phi) is 5.92. The van der Waals surface area contributed by atoms with Gasteiger partial charge in [-0.15, -0.1) is 11.8 Å². The number of carbonyl (C=O) groups is 2. The van der Waals surface area contributed by atoms with Gasteiger partial charge in [0.1, 0.15) is 5.03 Å². The quantitative estimate of drug-likeness (QED) is 0.361. The van der Waals surface area contributed by atoms with Crippen LogP contribution in [-0.2, 0) is 0 Å². The van der Waals surface area contributed by atoms with Gasteiger partial charge in [0.2, 0.25) is 0 Å². The Bertz CT molecular complexity index is 975. The predicted octanol–water partition coefficient (Wildman–Crippen LogP) is 3.60. The number of hydrogen-bond acceptors (Lipinski definition) is 6. The van der Waals surface area contributed by atoms with Gasteiger partial charge in [0.15, 0.2) is 11.6 Å². The molecule has 2 aromatic heterocycles. The van der Waals surface area contributed by atoms with Gasteiger partial charge in [0.05, 0.1) is 17.5 Å². The summed E-state index contributed by atoms with van der Waals surface area (Å²) >= 11 is 4.62. The largest absolute Gasteiger partial charge is 0.461 e. The molecule has 0 spiro atoms. The number of rotatable bonds is 4. The second-order valence-electron chi connectivity index (χ2n) is 5.41. The van der Waals surface area contributed by atoms with E-state index in [2.05, 4.69) is 36.7 Å². The van der Waals surface area contributed by atoms with Crippen molar-refractivity contribution in [2.45, 2.75) is 11.9 Å². The summed E-state index contributed by atoms with van der Waals surface area (Å²) in [5.41, 5.74) is 6.02. The SMILES string of the molecule is CSc1nc(-c2ccco2)nc(C)c1C(=O)NNC(=O)c1ccc(Br)cc1. The Labute approximate surface area is 168 Å². The van der Waals surface area contributed by atoms with Gasteiger partial charge in [0.25, 0.3) is 11.8 Å². The molecule has 0 aliphatic rings. The number of aryl methyl sites for hydroxylation is 1. The van der Waals surface area contributed by atoms with Crippen molar-refractivity contribution in [1.82, 2.24) is 20.8 Å². The summed E-state index contributed by atoms with van der Waals surface area (Å²) in [6.07, 6.45) is 3.34. The number of carbonyl (C=O) groups excluding carboxylic acids is 2. The van der Waals surface area contributed by atoms with Crippen molar-refractivity contribution in [3.05, 3.63) is 64.0 Å². The fourth-order valence-electron chi connectivity index (χ4n) is 2.32. The van der Waals surface area contributed by atoms with Crippen LogP contribution < -0.4 is 10.9 Å². The van der Waals surface area contributed by atoms with Gasteiger partial charge in [-0.25, -0.2) is 9.97 Å². The Morgan fingerprint density at radius 3 is 2.41 bits per heavy atom. The maximum Gasteiger partial charge on any atom is 0.274 e. The number of furan rings is 1. The average Bonchev–Trinajstić information content (AvgIpc) is 3.20. The predicted molar refractivity (Wildman–Crippen MR) is 105 cm³/mol. The first-order valence-corrected chi connectivity index (χ1v) is 9.84. The molecule has 0 bridgehead atoms. The summed E-state index contributed by atoms with van der Waals surface area (Å²) in [7, 11) is 0. The van der Waals surface area contributed by atoms with Crippen LogP contribution >= 0.6 is 27.7 Å². The van der Waals surface area contributed by atoms with Gasteiger partial charge in [0, 0.05) is 10.0 Å². The third-order valence-corrected chi connectivity index (χ3v) is 4.83. The highest BCUT2D eigenvalue weighted by atomic mass is 79.9. The topological polar surface area (TPSA) is 97.1 Å². The van der Waals surface area contributed by atoms with Gasteiger partial charge in [-0.3, -0.25) is 20.4 Å². The Morgan fingerprint density at radius 1 is 1.07 bits per heavy atom. The van der Waals surface area contributed by atoms with Crippen molar-refractivity contribution in [1.29, 1.82) is 0 Å². The fraction of sp³-hybridized carbons (Fsp3) is 0.111. The summed E-state index contributed by atoms with van der Waals surface area (Å²) in [5.74, 6) is 0.00170. The van der Waals surface area contributed by atoms with Crippen molar-refractivity contribution < 1.29 is 14.0 Å². The minimum Gasteiger partial charge on any atom is -0.461 e. The van der Waals surface area contributed by atoms with Crippen LogP contribution in [0.5, 0.6) is 0 Å². The molecule has 1 aromatic carbocycles. The highest BCUT2D eigenvalue weighted by Gasteiger charge is 2.20. The number of nitrogens with one attached hydrogen (secondary N) is 2. The zero-order valence-corrected chi connectivity index (χ0v) is 16.8. The van der Waals surface area contributed by atoms with Crippen molar-refractivity contribution in [3.63, 3.8) is 0 Å². The van der Waals surface area contributed by atoms with E-state index < -0.39 is 11.8 Å². The van der Waals surface area contributed by atoms with E-state index in [4.69, 9.17) is 4.42 Å². The number of halogens is 1. The molecule has 0 atom stereocenters. The van der Waals surface area contributed by atoms with Crippen LogP contribution in [0.15, 0.2) is 56.6 Å². The van der Waals surface area contributed by atoms with E-state index in [-0.39, 0.29) is 0 Å². The van der Waals surface area contributed by atoms with E-state index in [1.165, 1.54) is 18.0 Å². The van der Waals surface area contributed by atoms with E-state index in [1.807, 2.05) is 6.26 Å². The summed E-state index contributed by atoms with van der Waals surface area (Å²) < 4.78 is 6.17. The summed E-state index contributed by atoms with van der Waals surface area (Å²) in [4.78, 5) is 33.5. The van der Waals surface area contributed by atoms with E-state index >= 15 is 0 Å². The summed E-state index contributed by atoms with van der Waals surface area (Å²) in [6, 6.07) is 10.3. The van der Waals surface area contributed by atoms with Crippen LogP contribution in [0.25, 0.3) is 11.6 Å². The van der Waals surface area contributed by atoms with Gasteiger partial charge >= 0.3 is 0 Å². The molecule has 0 radical (unpaired) electrons. The molecule has 2 amide bonds. The number of hydrogen-bond donors (Lipinski definition) is 2. The Balaban J connectivity index is 1.78. The van der Waals surface area contributed by atoms with Gasteiger partial charge in [-0.2, -0.15) is 0 Å². The van der Waals surface area contributed by atoms with Crippen LogP contribution in [0.2, 0.25) is 0 Å². The highest BCUT2D eigenvalue weighted by molar-refractivity contribution is 9.10. The first kappa shape index (κ1) is 19.1. The number of nitrogens with zero attached hydrogens (tertiary/aromatic N) is 2. The second-order valence-corrected chi connectivity index (χ2v) is 7.12. The monoisotopic (exact) mass is 446 g/mol. The molecule has 0 aliphatic heterocycles. The second kappa shape index (κ2) is 8.36. The van der Waals surface area contributed by atoms with Gasteiger partial charge in [-0.05, 0) is 49.6 Å². The Morgan fingerprint density at radius 2 is 1.78 bits per heavy atom. The lowest BCUT2D eigenvalue weighted by Crippen LogP contribution is -2.42. The number of hydrazine groups is 1. The molecule has 7 nitrogen and oxygen atoms in total. The third-order valence-electron chi connectivity index (χ3n) is 3.61. The van der Waals surface area contributed by atoms with Crippen LogP contribution in [0, 0.1) is 6.92 Å². The number of benzene rings is 1. The molecule has 27 heavy (non-hydrogen) atoms. The molecule has 0 unspecified atom stereocenters. The molecule has 0 saturated carbocycles. The van der Waals surface area contributed by atoms with E-state index in [0.717, 1.165) is 4.47 Å². The first-order chi connectivity index (χ1) is 13.0. The molecule has 0 saturated heterocycles. The lowest BCUT2D eigenvalue weighted by atomic mass is 10.2. The number of aromatic nitrogens is 2. The van der Waals surface area contributed by atoms with Gasteiger partial charge in [-0.1, -0.05) is 15.9 Å². The highest BCUT2D eigenvalue weighted by Crippen LogP contribution is 2.25. The molecule has 3 rings (SSSR count). The molecular formula is C18H15BrN4O3S. The number of thioether (sulfide) groups is 1. The molecular weight excluding hydrogens is 432 g/mol. The summed E-state index contributed by atoms with van der Waals surface area (Å²) in [6.45, 7) is 1.71. The zero-order valence-electron chi connectivity index (χ0n) is 14.4. The third kappa shape index (κ3) is 4.37. The van der Waals surface area contributed by atoms with Crippen LogP contribution in [0.1, 0.15) is 26.4 Å². The molecule has 0 fully saturated rings. The maximum absolute atomic E-state index is 12.6. The van der Waals surface area contributed by atoms with E-state index in [0.29, 0.717) is 33.4 Å². The lowest BCUT2D eigenvalue weighted by Gasteiger charge is -2.12. The van der Waals surface area contributed by atoms with E-state index in [1.54, 1.807) is 43.3 Å². The first-order valence-electron chi connectivity index (χ1n) is 7.82. The van der Waals surface area contributed by atoms with Crippen LogP contribution in [0.3, 0.4) is 0 Å². The summed E-state index contributed by atoms with van der Waals surface area (Å²) in [5, 5.41) is 0.490. The van der Waals surface area contributed by atoms with Crippen molar-refractivity contribution >= 4 is 39.5 Å². The minimum absolute atomic E-state index is 0.300. The molecule has 0 aliphatic carbocycles. The zero-order chi connectivity index (χ0) is 19.4. The molecule has 2 N–H and O–H groups in total. The molecule has 9 heteroatoms. The van der Waals surface area contributed by atoms with Crippen molar-refractivity contribution in [2.75, 3.05) is 6.26 Å². The minimum atomic E-state index is -0.492. The van der Waals surface area contributed by atoms with Crippen molar-refractivity contribution in [3.8, 4) is 11.6 Å². The van der Waals surface area contributed by atoms with E-state index in [9.17, 15) is 9.59 Å². The normalized spacial score (nSPS) is 10.5. The molecule has 138 valence electrons. The smallest absolute Gasteiger partial charge is 0.274 e. The van der Waals surface area contributed by atoms with Crippen LogP contribution in [-0.4, -0.2) is 28.0 Å². The fourth-order valence-corrected chi connectivity index (χ4v) is 3.21. The maximum atomic E-state index is 12.6.